The van der Waals surface area contributed by atoms with Gasteiger partial charge in [-0.2, -0.15) is 0 Å². The summed E-state index contributed by atoms with van der Waals surface area (Å²) in [5.41, 5.74) is 1.70. The molecule has 0 bridgehead atoms. The molecule has 8 nitrogen and oxygen atoms in total. The minimum atomic E-state index is -4.22. The second-order valence-electron chi connectivity index (χ2n) is 12.1. The van der Waals surface area contributed by atoms with Crippen molar-refractivity contribution < 1.29 is 22.7 Å². The van der Waals surface area contributed by atoms with Gasteiger partial charge in [0, 0.05) is 29.1 Å². The number of carbonyl (C=O) groups excluding carboxylic acids is 2. The molecule has 4 aromatic rings. The second kappa shape index (κ2) is 17.1. The van der Waals surface area contributed by atoms with Crippen LogP contribution in [0.3, 0.4) is 0 Å². The summed E-state index contributed by atoms with van der Waals surface area (Å²) in [7, 11) is -4.22. The highest BCUT2D eigenvalue weighted by Gasteiger charge is 2.35. The van der Waals surface area contributed by atoms with Crippen LogP contribution in [0.5, 0.6) is 5.75 Å². The highest BCUT2D eigenvalue weighted by molar-refractivity contribution is 7.92. The monoisotopic (exact) mass is 721 g/mol. The molecule has 0 heterocycles. The van der Waals surface area contributed by atoms with E-state index < -0.39 is 28.5 Å². The lowest BCUT2D eigenvalue weighted by atomic mass is 9.94. The van der Waals surface area contributed by atoms with E-state index in [2.05, 4.69) is 5.32 Å². The summed E-state index contributed by atoms with van der Waals surface area (Å²) < 4.78 is 35.1. The first-order valence-corrected chi connectivity index (χ1v) is 18.7. The molecule has 1 saturated carbocycles. The van der Waals surface area contributed by atoms with Crippen molar-refractivity contribution >= 4 is 50.7 Å². The zero-order valence-electron chi connectivity index (χ0n) is 27.4. The van der Waals surface area contributed by atoms with Crippen LogP contribution >= 0.6 is 23.2 Å². The van der Waals surface area contributed by atoms with E-state index in [4.69, 9.17) is 27.9 Å². The van der Waals surface area contributed by atoms with Gasteiger partial charge < -0.3 is 15.0 Å². The Kier molecular flexibility index (Phi) is 12.6. The third-order valence-corrected chi connectivity index (χ3v) is 11.0. The van der Waals surface area contributed by atoms with Crippen LogP contribution in [0.25, 0.3) is 0 Å². The molecule has 0 aliphatic heterocycles. The molecule has 0 saturated heterocycles. The zero-order chi connectivity index (χ0) is 34.8. The first kappa shape index (κ1) is 36.2. The molecule has 5 rings (SSSR count). The van der Waals surface area contributed by atoms with E-state index in [-0.39, 0.29) is 35.5 Å². The van der Waals surface area contributed by atoms with Crippen LogP contribution in [-0.2, 0) is 32.6 Å². The molecular formula is C38H41Cl2N3O5S. The number of rotatable bonds is 14. The molecule has 49 heavy (non-hydrogen) atoms. The zero-order valence-corrected chi connectivity index (χ0v) is 29.8. The summed E-state index contributed by atoms with van der Waals surface area (Å²) >= 11 is 12.8. The van der Waals surface area contributed by atoms with Crippen LogP contribution in [0.4, 0.5) is 5.69 Å². The number of benzene rings is 4. The van der Waals surface area contributed by atoms with Crippen LogP contribution < -0.4 is 14.4 Å². The van der Waals surface area contributed by atoms with Crippen molar-refractivity contribution in [1.82, 2.24) is 10.2 Å². The number of hydrogen-bond donors (Lipinski definition) is 1. The Bertz CT molecular complexity index is 1800. The minimum absolute atomic E-state index is 0.00518. The van der Waals surface area contributed by atoms with Gasteiger partial charge in [-0.1, -0.05) is 97.1 Å². The van der Waals surface area contributed by atoms with E-state index in [1.807, 2.05) is 37.3 Å². The molecular weight excluding hydrogens is 681 g/mol. The second-order valence-corrected chi connectivity index (χ2v) is 14.8. The molecule has 1 N–H and O–H groups in total. The topological polar surface area (TPSA) is 96.0 Å². The van der Waals surface area contributed by atoms with Crippen molar-refractivity contribution in [2.75, 3.05) is 17.5 Å². The van der Waals surface area contributed by atoms with Gasteiger partial charge in [0.25, 0.3) is 10.0 Å². The van der Waals surface area contributed by atoms with Gasteiger partial charge in [-0.25, -0.2) is 8.42 Å². The van der Waals surface area contributed by atoms with Crippen molar-refractivity contribution in [3.8, 4) is 5.75 Å². The van der Waals surface area contributed by atoms with Crippen LogP contribution in [-0.4, -0.2) is 50.4 Å². The highest BCUT2D eigenvalue weighted by Crippen LogP contribution is 2.29. The van der Waals surface area contributed by atoms with E-state index in [0.717, 1.165) is 42.0 Å². The summed E-state index contributed by atoms with van der Waals surface area (Å²) in [4.78, 5) is 30.5. The van der Waals surface area contributed by atoms with Gasteiger partial charge in [0.05, 0.1) is 17.2 Å². The lowest BCUT2D eigenvalue weighted by Crippen LogP contribution is -2.55. The van der Waals surface area contributed by atoms with Gasteiger partial charge in [0.1, 0.15) is 18.3 Å². The number of halogens is 2. The molecule has 2 amide bonds. The maximum Gasteiger partial charge on any atom is 0.264 e. The Labute approximate surface area is 299 Å². The van der Waals surface area contributed by atoms with Gasteiger partial charge in [0.2, 0.25) is 11.8 Å². The molecule has 258 valence electrons. The number of sulfonamides is 1. The number of carbonyl (C=O) groups is 2. The molecule has 0 radical (unpaired) electrons. The highest BCUT2D eigenvalue weighted by atomic mass is 35.5. The molecule has 0 spiro atoms. The van der Waals surface area contributed by atoms with Crippen LogP contribution in [0.1, 0.15) is 50.2 Å². The largest absolute Gasteiger partial charge is 0.494 e. The first-order chi connectivity index (χ1) is 23.7. The normalized spacial score (nSPS) is 14.1. The lowest BCUT2D eigenvalue weighted by molar-refractivity contribution is -0.140. The molecule has 1 aliphatic carbocycles. The maximum atomic E-state index is 14.7. The summed E-state index contributed by atoms with van der Waals surface area (Å²) in [6.07, 6.45) is 5.10. The number of nitrogens with zero attached hydrogens (tertiary/aromatic N) is 2. The molecule has 0 unspecified atom stereocenters. The van der Waals surface area contributed by atoms with Crippen molar-refractivity contribution in [2.45, 2.75) is 69.0 Å². The standard InChI is InChI=1S/C38H41Cl2N3O5S/c1-2-48-33-22-20-32(21-23-33)43(49(46,47)34-16-10-5-11-17-34)27-37(44)42(26-29-18-19-30(39)25-35(29)40)36(24-28-12-6-3-7-13-28)38(45)41-31-14-8-4-9-15-31/h3,5-7,10-13,16-23,25,31,36H,2,4,8-9,14-15,24,26-27H2,1H3,(H,41,45)/t36-/m1/s1. The van der Waals surface area contributed by atoms with E-state index in [0.29, 0.717) is 28.0 Å². The fraction of sp³-hybridized carbons (Fsp3) is 0.316. The van der Waals surface area contributed by atoms with E-state index in [1.165, 1.54) is 17.0 Å². The number of hydrogen-bond acceptors (Lipinski definition) is 5. The van der Waals surface area contributed by atoms with Crippen molar-refractivity contribution in [3.63, 3.8) is 0 Å². The van der Waals surface area contributed by atoms with E-state index >= 15 is 0 Å². The molecule has 11 heteroatoms. The number of anilines is 1. The first-order valence-electron chi connectivity index (χ1n) is 16.5. The summed E-state index contributed by atoms with van der Waals surface area (Å²) in [6.45, 7) is 1.68. The van der Waals surface area contributed by atoms with Crippen molar-refractivity contribution in [1.29, 1.82) is 0 Å². The SMILES string of the molecule is CCOc1ccc(N(CC(=O)N(Cc2ccc(Cl)cc2Cl)[C@H](Cc2ccccc2)C(=O)NC2CCCCC2)S(=O)(=O)c2ccccc2)cc1. The van der Waals surface area contributed by atoms with Gasteiger partial charge in [-0.05, 0) is 79.4 Å². The molecule has 1 aliphatic rings. The Morgan fingerprint density at radius 3 is 2.16 bits per heavy atom. The van der Waals surface area contributed by atoms with Crippen LogP contribution in [0.15, 0.2) is 108 Å². The van der Waals surface area contributed by atoms with Gasteiger partial charge in [0.15, 0.2) is 0 Å². The molecule has 1 fully saturated rings. The molecule has 1 atom stereocenters. The predicted molar refractivity (Wildman–Crippen MR) is 195 cm³/mol. The van der Waals surface area contributed by atoms with Crippen LogP contribution in [0, 0.1) is 0 Å². The Hall–Kier alpha value is -4.05. The number of ether oxygens (including phenoxy) is 1. The fourth-order valence-electron chi connectivity index (χ4n) is 6.06. The summed E-state index contributed by atoms with van der Waals surface area (Å²) in [6, 6.07) is 28.0. The van der Waals surface area contributed by atoms with E-state index in [1.54, 1.807) is 60.7 Å². The average molecular weight is 723 g/mol. The third kappa shape index (κ3) is 9.56. The summed E-state index contributed by atoms with van der Waals surface area (Å²) in [5, 5.41) is 3.97. The predicted octanol–water partition coefficient (Wildman–Crippen LogP) is 7.68. The van der Waals surface area contributed by atoms with Crippen LogP contribution in [0.2, 0.25) is 10.0 Å². The quantitative estimate of drug-likeness (QED) is 0.144. The van der Waals surface area contributed by atoms with E-state index in [9.17, 15) is 18.0 Å². The fourth-order valence-corrected chi connectivity index (χ4v) is 7.96. The lowest BCUT2D eigenvalue weighted by Gasteiger charge is -2.35. The minimum Gasteiger partial charge on any atom is -0.494 e. The smallest absolute Gasteiger partial charge is 0.264 e. The summed E-state index contributed by atoms with van der Waals surface area (Å²) in [5.74, 6) is -0.303. The average Bonchev–Trinajstić information content (AvgIpc) is 3.11. The van der Waals surface area contributed by atoms with Crippen molar-refractivity contribution in [2.24, 2.45) is 0 Å². The Morgan fingerprint density at radius 1 is 0.878 bits per heavy atom. The van der Waals surface area contributed by atoms with Gasteiger partial charge in [-0.15, -0.1) is 0 Å². The molecule has 0 aromatic heterocycles. The number of nitrogens with one attached hydrogen (secondary N) is 1. The third-order valence-electron chi connectivity index (χ3n) is 8.62. The Morgan fingerprint density at radius 2 is 1.53 bits per heavy atom. The van der Waals surface area contributed by atoms with Gasteiger partial charge in [-0.3, -0.25) is 13.9 Å². The number of amides is 2. The molecule has 4 aromatic carbocycles. The van der Waals surface area contributed by atoms with Crippen molar-refractivity contribution in [3.05, 3.63) is 124 Å². The maximum absolute atomic E-state index is 14.7. The Balaban J connectivity index is 1.57. The van der Waals surface area contributed by atoms with Gasteiger partial charge >= 0.3 is 0 Å².